The molecule has 0 N–H and O–H groups in total. The van der Waals surface area contributed by atoms with Gasteiger partial charge >= 0.3 is 0 Å². The van der Waals surface area contributed by atoms with E-state index in [1.54, 1.807) is 37.5 Å². The number of ether oxygens (including phenoxy) is 2. The first-order chi connectivity index (χ1) is 11.7. The van der Waals surface area contributed by atoms with E-state index < -0.39 is 0 Å². The Morgan fingerprint density at radius 3 is 2.42 bits per heavy atom. The Hall–Kier alpha value is -2.60. The Labute approximate surface area is 140 Å². The van der Waals surface area contributed by atoms with Crippen molar-refractivity contribution in [3.8, 4) is 5.75 Å². The summed E-state index contributed by atoms with van der Waals surface area (Å²) in [7, 11) is 1.59. The third-order valence-electron chi connectivity index (χ3n) is 4.16. The van der Waals surface area contributed by atoms with Crippen LogP contribution in [0.3, 0.4) is 0 Å². The van der Waals surface area contributed by atoms with E-state index >= 15 is 0 Å². The lowest BCUT2D eigenvalue weighted by Gasteiger charge is -2.29. The minimum atomic E-state index is -0.286. The summed E-state index contributed by atoms with van der Waals surface area (Å²) in [6.45, 7) is 6.11. The van der Waals surface area contributed by atoms with E-state index in [1.165, 1.54) is 4.90 Å². The van der Waals surface area contributed by atoms with Crippen molar-refractivity contribution in [1.82, 2.24) is 9.80 Å². The van der Waals surface area contributed by atoms with Crippen LogP contribution >= 0.6 is 0 Å². The number of morpholine rings is 1. The van der Waals surface area contributed by atoms with E-state index in [2.05, 4.69) is 6.58 Å². The molecule has 126 valence electrons. The first-order valence-corrected chi connectivity index (χ1v) is 7.86. The van der Waals surface area contributed by atoms with Crippen LogP contribution in [-0.2, 0) is 14.3 Å². The van der Waals surface area contributed by atoms with Gasteiger partial charge in [0, 0.05) is 19.6 Å². The molecule has 1 aromatic carbocycles. The number of carbonyl (C=O) groups is 2. The minimum absolute atomic E-state index is 0.200. The lowest BCUT2D eigenvalue weighted by atomic mass is 10.0. The highest BCUT2D eigenvalue weighted by Gasteiger charge is 2.41. The average molecular weight is 328 g/mol. The third kappa shape index (κ3) is 2.80. The molecule has 0 saturated carbocycles. The topological polar surface area (TPSA) is 59.1 Å². The van der Waals surface area contributed by atoms with Gasteiger partial charge in [-0.1, -0.05) is 18.2 Å². The number of benzene rings is 1. The molecule has 0 aromatic heterocycles. The highest BCUT2D eigenvalue weighted by atomic mass is 16.5. The molecule has 24 heavy (non-hydrogen) atoms. The van der Waals surface area contributed by atoms with E-state index in [4.69, 9.17) is 9.47 Å². The number of amides is 2. The Bertz CT molecular complexity index is 687. The third-order valence-corrected chi connectivity index (χ3v) is 4.16. The number of carbonyl (C=O) groups excluding carboxylic acids is 2. The summed E-state index contributed by atoms with van der Waals surface area (Å²) >= 11 is 0. The van der Waals surface area contributed by atoms with E-state index in [1.807, 2.05) is 4.90 Å². The van der Waals surface area contributed by atoms with Gasteiger partial charge in [-0.2, -0.15) is 0 Å². The summed E-state index contributed by atoms with van der Waals surface area (Å²) in [6, 6.07) is 7.18. The van der Waals surface area contributed by atoms with Crippen molar-refractivity contribution < 1.29 is 19.1 Å². The maximum atomic E-state index is 12.8. The van der Waals surface area contributed by atoms with Gasteiger partial charge in [-0.15, -0.1) is 6.58 Å². The molecule has 0 bridgehead atoms. The minimum Gasteiger partial charge on any atom is -0.497 e. The summed E-state index contributed by atoms with van der Waals surface area (Å²) in [6.07, 6.45) is 1.56. The molecular formula is C18H20N2O4. The van der Waals surface area contributed by atoms with Crippen LogP contribution in [-0.4, -0.2) is 61.6 Å². The predicted molar refractivity (Wildman–Crippen MR) is 89.2 cm³/mol. The molecular weight excluding hydrogens is 308 g/mol. The number of rotatable bonds is 5. The highest BCUT2D eigenvalue weighted by molar-refractivity contribution is 6.35. The largest absolute Gasteiger partial charge is 0.497 e. The molecule has 2 heterocycles. The zero-order valence-electron chi connectivity index (χ0n) is 13.7. The normalized spacial score (nSPS) is 18.4. The lowest BCUT2D eigenvalue weighted by Crippen LogP contribution is -2.40. The number of hydrogen-bond acceptors (Lipinski definition) is 5. The molecule has 0 aliphatic carbocycles. The summed E-state index contributed by atoms with van der Waals surface area (Å²) in [4.78, 5) is 28.8. The first-order valence-electron chi connectivity index (χ1n) is 7.86. The molecule has 0 radical (unpaired) electrons. The molecule has 6 heteroatoms. The van der Waals surface area contributed by atoms with Gasteiger partial charge < -0.3 is 14.4 Å². The van der Waals surface area contributed by atoms with Crippen molar-refractivity contribution in [3.05, 3.63) is 48.2 Å². The van der Waals surface area contributed by atoms with Gasteiger partial charge in [0.2, 0.25) is 0 Å². The second kappa shape index (κ2) is 6.88. The van der Waals surface area contributed by atoms with Crippen LogP contribution in [0.25, 0.3) is 5.57 Å². The summed E-state index contributed by atoms with van der Waals surface area (Å²) in [5.41, 5.74) is 1.60. The SMILES string of the molecule is C=CCN1C(=O)C(c2ccc(OC)cc2)=C(N2CCOCC2)C1=O. The first kappa shape index (κ1) is 16.3. The van der Waals surface area contributed by atoms with Gasteiger partial charge in [0.1, 0.15) is 11.4 Å². The summed E-state index contributed by atoms with van der Waals surface area (Å²) < 4.78 is 10.5. The molecule has 2 aliphatic rings. The number of methoxy groups -OCH3 is 1. The van der Waals surface area contributed by atoms with Gasteiger partial charge in [-0.25, -0.2) is 0 Å². The van der Waals surface area contributed by atoms with Crippen molar-refractivity contribution in [3.63, 3.8) is 0 Å². The second-order valence-corrected chi connectivity index (χ2v) is 5.56. The van der Waals surface area contributed by atoms with Crippen LogP contribution in [0.2, 0.25) is 0 Å². The smallest absolute Gasteiger partial charge is 0.278 e. The number of nitrogens with zero attached hydrogens (tertiary/aromatic N) is 2. The van der Waals surface area contributed by atoms with Gasteiger partial charge in [0.05, 0.1) is 25.9 Å². The van der Waals surface area contributed by atoms with Crippen LogP contribution in [0.5, 0.6) is 5.75 Å². The van der Waals surface area contributed by atoms with Gasteiger partial charge in [0.15, 0.2) is 0 Å². The fourth-order valence-corrected chi connectivity index (χ4v) is 2.96. The van der Waals surface area contributed by atoms with Crippen LogP contribution in [0, 0.1) is 0 Å². The van der Waals surface area contributed by atoms with Crippen LogP contribution in [0.4, 0.5) is 0 Å². The predicted octanol–water partition coefficient (Wildman–Crippen LogP) is 1.29. The zero-order chi connectivity index (χ0) is 17.1. The van der Waals surface area contributed by atoms with E-state index in [9.17, 15) is 9.59 Å². The molecule has 1 aromatic rings. The molecule has 2 amide bonds. The molecule has 0 atom stereocenters. The fourth-order valence-electron chi connectivity index (χ4n) is 2.96. The highest BCUT2D eigenvalue weighted by Crippen LogP contribution is 2.32. The van der Waals surface area contributed by atoms with Gasteiger partial charge in [-0.3, -0.25) is 14.5 Å². The van der Waals surface area contributed by atoms with E-state index in [0.29, 0.717) is 48.9 Å². The molecule has 0 unspecified atom stereocenters. The number of imide groups is 1. The van der Waals surface area contributed by atoms with Crippen molar-refractivity contribution in [2.75, 3.05) is 40.0 Å². The maximum absolute atomic E-state index is 12.8. The molecule has 2 aliphatic heterocycles. The van der Waals surface area contributed by atoms with Gasteiger partial charge in [0.25, 0.3) is 11.8 Å². The Balaban J connectivity index is 2.05. The monoisotopic (exact) mass is 328 g/mol. The van der Waals surface area contributed by atoms with E-state index in [-0.39, 0.29) is 18.4 Å². The molecule has 3 rings (SSSR count). The van der Waals surface area contributed by atoms with Crippen LogP contribution in [0.15, 0.2) is 42.6 Å². The van der Waals surface area contributed by atoms with Crippen molar-refractivity contribution in [2.24, 2.45) is 0 Å². The number of hydrogen-bond donors (Lipinski definition) is 0. The quantitative estimate of drug-likeness (QED) is 0.602. The maximum Gasteiger partial charge on any atom is 0.278 e. The van der Waals surface area contributed by atoms with Crippen molar-refractivity contribution in [2.45, 2.75) is 0 Å². The molecule has 1 saturated heterocycles. The Morgan fingerprint density at radius 1 is 1.17 bits per heavy atom. The van der Waals surface area contributed by atoms with Crippen LogP contribution in [0.1, 0.15) is 5.56 Å². The lowest BCUT2D eigenvalue weighted by molar-refractivity contribution is -0.137. The molecule has 1 fully saturated rings. The Kier molecular flexibility index (Phi) is 4.66. The fraction of sp³-hybridized carbons (Fsp3) is 0.333. The molecule has 0 spiro atoms. The summed E-state index contributed by atoms with van der Waals surface area (Å²) in [5, 5.41) is 0. The molecule has 6 nitrogen and oxygen atoms in total. The van der Waals surface area contributed by atoms with Crippen LogP contribution < -0.4 is 4.74 Å². The summed E-state index contributed by atoms with van der Waals surface area (Å²) in [5.74, 6) is 0.145. The second-order valence-electron chi connectivity index (χ2n) is 5.56. The zero-order valence-corrected chi connectivity index (χ0v) is 13.7. The van der Waals surface area contributed by atoms with E-state index in [0.717, 1.165) is 0 Å². The van der Waals surface area contributed by atoms with Gasteiger partial charge in [-0.05, 0) is 17.7 Å². The van der Waals surface area contributed by atoms with Crippen molar-refractivity contribution in [1.29, 1.82) is 0 Å². The Morgan fingerprint density at radius 2 is 1.83 bits per heavy atom. The standard InChI is InChI=1S/C18H20N2O4/c1-3-8-20-17(21)15(13-4-6-14(23-2)7-5-13)16(18(20)22)19-9-11-24-12-10-19/h3-7H,1,8-12H2,2H3. The van der Waals surface area contributed by atoms with Crippen molar-refractivity contribution >= 4 is 17.4 Å². The average Bonchev–Trinajstić information content (AvgIpc) is 2.87.